The number of benzene rings is 1. The topological polar surface area (TPSA) is 58.6 Å². The summed E-state index contributed by atoms with van der Waals surface area (Å²) in [6.45, 7) is 0.149. The number of likely N-dealkylation sites (N-methyl/N-ethyl adjacent to an activating group) is 1. The number of hydrogen-bond acceptors (Lipinski definition) is 3. The molecule has 6 heteroatoms. The van der Waals surface area contributed by atoms with Crippen molar-refractivity contribution >= 4 is 12.0 Å². The van der Waals surface area contributed by atoms with Gasteiger partial charge in [-0.05, 0) is 17.7 Å². The van der Waals surface area contributed by atoms with Gasteiger partial charge in [-0.2, -0.15) is 0 Å². The van der Waals surface area contributed by atoms with Crippen LogP contribution in [0.25, 0.3) is 0 Å². The first kappa shape index (κ1) is 14.0. The number of esters is 1. The van der Waals surface area contributed by atoms with Crippen LogP contribution in [0.4, 0.5) is 9.18 Å². The fourth-order valence-corrected chi connectivity index (χ4v) is 1.24. The minimum absolute atomic E-state index is 0.119. The molecule has 1 rings (SSSR count). The molecule has 2 amide bonds. The van der Waals surface area contributed by atoms with E-state index in [9.17, 15) is 14.0 Å². The van der Waals surface area contributed by atoms with Crippen LogP contribution in [0.2, 0.25) is 0 Å². The summed E-state index contributed by atoms with van der Waals surface area (Å²) in [4.78, 5) is 23.7. The molecular formula is C12H15FN2O3. The number of nitrogens with zero attached hydrogens (tertiary/aromatic N) is 1. The van der Waals surface area contributed by atoms with Gasteiger partial charge >= 0.3 is 12.0 Å². The average Bonchev–Trinajstić information content (AvgIpc) is 2.37. The van der Waals surface area contributed by atoms with Gasteiger partial charge in [-0.3, -0.25) is 4.79 Å². The third kappa shape index (κ3) is 4.40. The molecule has 0 heterocycles. The molecule has 0 saturated carbocycles. The summed E-state index contributed by atoms with van der Waals surface area (Å²) in [6, 6.07) is 5.40. The number of carbonyl (C=O) groups is 2. The minimum atomic E-state index is -0.491. The van der Waals surface area contributed by atoms with E-state index in [0.717, 1.165) is 5.56 Å². The predicted octanol–water partition coefficient (Wildman–Crippen LogP) is 1.14. The van der Waals surface area contributed by atoms with Gasteiger partial charge in [0.15, 0.2) is 0 Å². The maximum atomic E-state index is 12.6. The zero-order valence-corrected chi connectivity index (χ0v) is 10.3. The number of rotatable bonds is 4. The van der Waals surface area contributed by atoms with E-state index in [4.69, 9.17) is 0 Å². The predicted molar refractivity (Wildman–Crippen MR) is 63.3 cm³/mol. The lowest BCUT2D eigenvalue weighted by atomic mass is 10.2. The number of hydrogen-bond donors (Lipinski definition) is 1. The summed E-state index contributed by atoms with van der Waals surface area (Å²) in [6.07, 6.45) is 0. The normalized spacial score (nSPS) is 9.72. The highest BCUT2D eigenvalue weighted by molar-refractivity contribution is 5.80. The quantitative estimate of drug-likeness (QED) is 0.820. The molecule has 0 bridgehead atoms. The molecule has 0 aromatic heterocycles. The van der Waals surface area contributed by atoms with Crippen molar-refractivity contribution in [1.29, 1.82) is 0 Å². The van der Waals surface area contributed by atoms with Crippen LogP contribution in [0.3, 0.4) is 0 Å². The Kier molecular flexibility index (Phi) is 5.10. The zero-order chi connectivity index (χ0) is 13.5. The van der Waals surface area contributed by atoms with E-state index in [0.29, 0.717) is 0 Å². The second-order valence-corrected chi connectivity index (χ2v) is 3.72. The molecule has 0 aliphatic rings. The molecule has 98 valence electrons. The number of urea groups is 1. The third-order valence-electron chi connectivity index (χ3n) is 2.30. The van der Waals surface area contributed by atoms with Crippen molar-refractivity contribution in [2.45, 2.75) is 6.54 Å². The number of methoxy groups -OCH3 is 1. The second kappa shape index (κ2) is 6.58. The van der Waals surface area contributed by atoms with E-state index in [1.54, 1.807) is 12.1 Å². The molecular weight excluding hydrogens is 239 g/mol. The molecule has 18 heavy (non-hydrogen) atoms. The van der Waals surface area contributed by atoms with E-state index in [1.807, 2.05) is 0 Å². The van der Waals surface area contributed by atoms with E-state index < -0.39 is 12.0 Å². The molecule has 0 saturated heterocycles. The molecule has 1 N–H and O–H groups in total. The lowest BCUT2D eigenvalue weighted by molar-refractivity contribution is -0.140. The zero-order valence-electron chi connectivity index (χ0n) is 10.3. The van der Waals surface area contributed by atoms with Crippen LogP contribution in [0.1, 0.15) is 5.56 Å². The maximum absolute atomic E-state index is 12.6. The molecule has 0 radical (unpaired) electrons. The van der Waals surface area contributed by atoms with Crippen molar-refractivity contribution in [3.63, 3.8) is 0 Å². The Hall–Kier alpha value is -2.11. The van der Waals surface area contributed by atoms with Gasteiger partial charge in [0.25, 0.3) is 0 Å². The highest BCUT2D eigenvalue weighted by Crippen LogP contribution is 2.02. The van der Waals surface area contributed by atoms with Crippen molar-refractivity contribution in [2.75, 3.05) is 20.7 Å². The SMILES string of the molecule is COC(=O)CN(C)C(=O)NCc1ccc(F)cc1. The Morgan fingerprint density at radius 3 is 2.50 bits per heavy atom. The number of carbonyl (C=O) groups excluding carboxylic acids is 2. The van der Waals surface area contributed by atoms with Gasteiger partial charge in [-0.15, -0.1) is 0 Å². The first-order chi connectivity index (χ1) is 8.52. The number of amides is 2. The van der Waals surface area contributed by atoms with Crippen LogP contribution in [0, 0.1) is 5.82 Å². The smallest absolute Gasteiger partial charge is 0.325 e. The molecule has 0 aliphatic heterocycles. The standard InChI is InChI=1S/C12H15FN2O3/c1-15(8-11(16)18-2)12(17)14-7-9-3-5-10(13)6-4-9/h3-6H,7-8H2,1-2H3,(H,14,17). The van der Waals surface area contributed by atoms with Crippen molar-refractivity contribution in [3.05, 3.63) is 35.6 Å². The lowest BCUT2D eigenvalue weighted by Gasteiger charge is -2.16. The van der Waals surface area contributed by atoms with Gasteiger partial charge < -0.3 is 15.0 Å². The molecule has 0 fully saturated rings. The fourth-order valence-electron chi connectivity index (χ4n) is 1.24. The van der Waals surface area contributed by atoms with Crippen LogP contribution in [-0.4, -0.2) is 37.6 Å². The summed E-state index contributed by atoms with van der Waals surface area (Å²) in [5.74, 6) is -0.817. The van der Waals surface area contributed by atoms with Crippen molar-refractivity contribution in [1.82, 2.24) is 10.2 Å². The van der Waals surface area contributed by atoms with Crippen molar-refractivity contribution in [2.24, 2.45) is 0 Å². The molecule has 0 unspecified atom stereocenters. The van der Waals surface area contributed by atoms with Crippen LogP contribution in [0.15, 0.2) is 24.3 Å². The Labute approximate surface area is 105 Å². The largest absolute Gasteiger partial charge is 0.468 e. The van der Waals surface area contributed by atoms with Gasteiger partial charge in [0.1, 0.15) is 12.4 Å². The monoisotopic (exact) mass is 254 g/mol. The maximum Gasteiger partial charge on any atom is 0.325 e. The van der Waals surface area contributed by atoms with Crippen LogP contribution in [0.5, 0.6) is 0 Å². The molecule has 5 nitrogen and oxygen atoms in total. The van der Waals surface area contributed by atoms with Gasteiger partial charge in [0.05, 0.1) is 7.11 Å². The fraction of sp³-hybridized carbons (Fsp3) is 0.333. The molecule has 1 aromatic carbocycles. The van der Waals surface area contributed by atoms with Crippen molar-refractivity contribution < 1.29 is 18.7 Å². The van der Waals surface area contributed by atoms with E-state index >= 15 is 0 Å². The third-order valence-corrected chi connectivity index (χ3v) is 2.30. The Morgan fingerprint density at radius 2 is 1.94 bits per heavy atom. The lowest BCUT2D eigenvalue weighted by Crippen LogP contribution is -2.40. The van der Waals surface area contributed by atoms with E-state index in [1.165, 1.54) is 31.2 Å². The molecule has 0 atom stereocenters. The summed E-state index contributed by atoms with van der Waals surface area (Å²) in [7, 11) is 2.74. The Balaban J connectivity index is 2.41. The minimum Gasteiger partial charge on any atom is -0.468 e. The number of ether oxygens (including phenoxy) is 1. The van der Waals surface area contributed by atoms with Gasteiger partial charge in [-0.25, -0.2) is 9.18 Å². The highest BCUT2D eigenvalue weighted by atomic mass is 19.1. The summed E-state index contributed by atoms with van der Waals surface area (Å²) in [5, 5.41) is 2.60. The van der Waals surface area contributed by atoms with Gasteiger partial charge in [0.2, 0.25) is 0 Å². The van der Waals surface area contributed by atoms with E-state index in [2.05, 4.69) is 10.1 Å². The molecule has 0 spiro atoms. The Bertz CT molecular complexity index is 420. The first-order valence-electron chi connectivity index (χ1n) is 5.33. The summed E-state index contributed by atoms with van der Waals surface area (Å²) in [5.41, 5.74) is 0.774. The van der Waals surface area contributed by atoms with Crippen molar-refractivity contribution in [3.8, 4) is 0 Å². The average molecular weight is 254 g/mol. The summed E-state index contributed by atoms with van der Waals surface area (Å²) >= 11 is 0. The first-order valence-corrected chi connectivity index (χ1v) is 5.33. The Morgan fingerprint density at radius 1 is 1.33 bits per heavy atom. The van der Waals surface area contributed by atoms with Crippen LogP contribution >= 0.6 is 0 Å². The molecule has 0 aliphatic carbocycles. The molecule has 1 aromatic rings. The number of nitrogens with one attached hydrogen (secondary N) is 1. The number of halogens is 1. The second-order valence-electron chi connectivity index (χ2n) is 3.72. The summed E-state index contributed by atoms with van der Waals surface area (Å²) < 4.78 is 17.1. The highest BCUT2D eigenvalue weighted by Gasteiger charge is 2.12. The van der Waals surface area contributed by atoms with E-state index in [-0.39, 0.29) is 18.9 Å². The van der Waals surface area contributed by atoms with Crippen LogP contribution in [-0.2, 0) is 16.1 Å². The van der Waals surface area contributed by atoms with Crippen LogP contribution < -0.4 is 5.32 Å². The van der Waals surface area contributed by atoms with Gasteiger partial charge in [-0.1, -0.05) is 12.1 Å². The van der Waals surface area contributed by atoms with Gasteiger partial charge in [0, 0.05) is 13.6 Å².